The Balaban J connectivity index is 1.69. The highest BCUT2D eigenvalue weighted by Crippen LogP contribution is 2.19. The highest BCUT2D eigenvalue weighted by atomic mass is 35.5. The van der Waals surface area contributed by atoms with Crippen molar-refractivity contribution in [3.63, 3.8) is 0 Å². The molecule has 0 aliphatic heterocycles. The topological polar surface area (TPSA) is 43.4 Å². The van der Waals surface area contributed by atoms with E-state index < -0.39 is 12.1 Å². The van der Waals surface area contributed by atoms with Crippen LogP contribution >= 0.6 is 11.6 Å². The van der Waals surface area contributed by atoms with Crippen molar-refractivity contribution in [2.24, 2.45) is 0 Å². The summed E-state index contributed by atoms with van der Waals surface area (Å²) in [6.45, 7) is 1.58. The average Bonchev–Trinajstić information content (AvgIpc) is 2.62. The van der Waals surface area contributed by atoms with Gasteiger partial charge in [-0.15, -0.1) is 0 Å². The highest BCUT2D eigenvalue weighted by Gasteiger charge is 2.20. The van der Waals surface area contributed by atoms with Gasteiger partial charge in [0.2, 0.25) is 5.78 Å². The second-order valence-corrected chi connectivity index (χ2v) is 6.25. The zero-order valence-electron chi connectivity index (χ0n) is 13.7. The van der Waals surface area contributed by atoms with Crippen LogP contribution in [-0.2, 0) is 16.0 Å². The van der Waals surface area contributed by atoms with Crippen LogP contribution in [0.5, 0.6) is 0 Å². The SMILES string of the molecule is C[C@H](OC(=O)Cc1cccc2ccccc12)C(=O)c1ccc(Cl)cc1. The summed E-state index contributed by atoms with van der Waals surface area (Å²) in [5.74, 6) is -0.672. The fourth-order valence-corrected chi connectivity index (χ4v) is 2.87. The second-order valence-electron chi connectivity index (χ2n) is 5.82. The standard InChI is InChI=1S/C21H17ClO3/c1-14(21(24)16-9-11-18(22)12-10-16)25-20(23)13-17-7-4-6-15-5-2-3-8-19(15)17/h2-12,14H,13H2,1H3/t14-/m0/s1. The summed E-state index contributed by atoms with van der Waals surface area (Å²) >= 11 is 5.82. The maximum Gasteiger partial charge on any atom is 0.310 e. The van der Waals surface area contributed by atoms with Crippen molar-refractivity contribution in [3.8, 4) is 0 Å². The third-order valence-electron chi connectivity index (χ3n) is 4.02. The molecule has 0 saturated heterocycles. The molecular formula is C21H17ClO3. The second kappa shape index (κ2) is 7.49. The van der Waals surface area contributed by atoms with Crippen LogP contribution in [0.2, 0.25) is 5.02 Å². The van der Waals surface area contributed by atoms with Crippen molar-refractivity contribution in [1.82, 2.24) is 0 Å². The van der Waals surface area contributed by atoms with Crippen molar-refractivity contribution in [1.29, 1.82) is 0 Å². The van der Waals surface area contributed by atoms with Gasteiger partial charge in [-0.1, -0.05) is 54.1 Å². The monoisotopic (exact) mass is 352 g/mol. The van der Waals surface area contributed by atoms with E-state index in [1.165, 1.54) is 0 Å². The molecule has 0 spiro atoms. The molecule has 3 aromatic rings. The molecule has 0 aliphatic rings. The number of Topliss-reactive ketones (excluding diaryl/α,β-unsaturated/α-hetero) is 1. The van der Waals surface area contributed by atoms with E-state index in [4.69, 9.17) is 16.3 Å². The van der Waals surface area contributed by atoms with Gasteiger partial charge in [-0.05, 0) is 47.5 Å². The molecule has 0 fully saturated rings. The highest BCUT2D eigenvalue weighted by molar-refractivity contribution is 6.30. The van der Waals surface area contributed by atoms with Gasteiger partial charge in [0.25, 0.3) is 0 Å². The lowest BCUT2D eigenvalue weighted by atomic mass is 10.0. The number of carbonyl (C=O) groups is 2. The van der Waals surface area contributed by atoms with Crippen molar-refractivity contribution >= 4 is 34.1 Å². The lowest BCUT2D eigenvalue weighted by molar-refractivity contribution is -0.145. The molecule has 3 rings (SSSR count). The summed E-state index contributed by atoms with van der Waals surface area (Å²) in [6.07, 6.45) is -0.719. The number of ketones is 1. The third kappa shape index (κ3) is 4.06. The summed E-state index contributed by atoms with van der Waals surface area (Å²) in [6, 6.07) is 20.2. The fourth-order valence-electron chi connectivity index (χ4n) is 2.74. The summed E-state index contributed by atoms with van der Waals surface area (Å²) in [5, 5.41) is 2.63. The van der Waals surface area contributed by atoms with Gasteiger partial charge in [-0.25, -0.2) is 0 Å². The fraction of sp³-hybridized carbons (Fsp3) is 0.143. The van der Waals surface area contributed by atoms with Crippen LogP contribution in [-0.4, -0.2) is 17.9 Å². The zero-order valence-corrected chi connectivity index (χ0v) is 14.5. The molecule has 1 atom stereocenters. The molecule has 4 heteroatoms. The van der Waals surface area contributed by atoms with E-state index >= 15 is 0 Å². The zero-order chi connectivity index (χ0) is 17.8. The van der Waals surface area contributed by atoms with Gasteiger partial charge in [0.1, 0.15) is 0 Å². The summed E-state index contributed by atoms with van der Waals surface area (Å²) in [4.78, 5) is 24.6. The van der Waals surface area contributed by atoms with E-state index in [1.807, 2.05) is 42.5 Å². The predicted molar refractivity (Wildman–Crippen MR) is 99.0 cm³/mol. The number of rotatable bonds is 5. The van der Waals surface area contributed by atoms with Crippen LogP contribution in [0.3, 0.4) is 0 Å². The quantitative estimate of drug-likeness (QED) is 0.487. The molecule has 0 amide bonds. The first-order valence-electron chi connectivity index (χ1n) is 8.00. The smallest absolute Gasteiger partial charge is 0.310 e. The van der Waals surface area contributed by atoms with Gasteiger partial charge in [-0.2, -0.15) is 0 Å². The molecule has 0 bridgehead atoms. The lowest BCUT2D eigenvalue weighted by Gasteiger charge is -2.13. The van der Waals surface area contributed by atoms with E-state index in [0.717, 1.165) is 16.3 Å². The predicted octanol–water partition coefficient (Wildman–Crippen LogP) is 4.85. The normalized spacial score (nSPS) is 11.9. The number of hydrogen-bond donors (Lipinski definition) is 0. The van der Waals surface area contributed by atoms with Crippen LogP contribution in [0.15, 0.2) is 66.7 Å². The van der Waals surface area contributed by atoms with Crippen LogP contribution in [0, 0.1) is 0 Å². The Hall–Kier alpha value is -2.65. The third-order valence-corrected chi connectivity index (χ3v) is 4.27. The van der Waals surface area contributed by atoms with E-state index in [1.54, 1.807) is 31.2 Å². The Bertz CT molecular complexity index is 911. The minimum atomic E-state index is -0.844. The lowest BCUT2D eigenvalue weighted by Crippen LogP contribution is -2.25. The first kappa shape index (κ1) is 17.2. The van der Waals surface area contributed by atoms with E-state index in [-0.39, 0.29) is 12.2 Å². The maximum atomic E-state index is 12.3. The van der Waals surface area contributed by atoms with Gasteiger partial charge >= 0.3 is 5.97 Å². The van der Waals surface area contributed by atoms with E-state index in [0.29, 0.717) is 10.6 Å². The molecule has 0 aliphatic carbocycles. The van der Waals surface area contributed by atoms with Crippen molar-refractivity contribution in [2.45, 2.75) is 19.4 Å². The molecule has 0 radical (unpaired) electrons. The molecule has 3 aromatic carbocycles. The van der Waals surface area contributed by atoms with Gasteiger partial charge in [-0.3, -0.25) is 9.59 Å². The minimum Gasteiger partial charge on any atom is -0.454 e. The Morgan fingerprint density at radius 1 is 0.960 bits per heavy atom. The average molecular weight is 353 g/mol. The van der Waals surface area contributed by atoms with E-state index in [2.05, 4.69) is 0 Å². The largest absolute Gasteiger partial charge is 0.454 e. The first-order valence-corrected chi connectivity index (χ1v) is 8.38. The molecule has 25 heavy (non-hydrogen) atoms. The van der Waals surface area contributed by atoms with Crippen LogP contribution < -0.4 is 0 Å². The van der Waals surface area contributed by atoms with Gasteiger partial charge in [0.15, 0.2) is 6.10 Å². The Morgan fingerprint density at radius 3 is 2.40 bits per heavy atom. The number of ether oxygens (including phenoxy) is 1. The molecule has 0 aromatic heterocycles. The number of fused-ring (bicyclic) bond motifs is 1. The number of esters is 1. The molecular weight excluding hydrogens is 336 g/mol. The van der Waals surface area contributed by atoms with Crippen LogP contribution in [0.4, 0.5) is 0 Å². The van der Waals surface area contributed by atoms with Gasteiger partial charge < -0.3 is 4.74 Å². The van der Waals surface area contributed by atoms with Crippen molar-refractivity contribution < 1.29 is 14.3 Å². The van der Waals surface area contributed by atoms with Crippen LogP contribution in [0.25, 0.3) is 10.8 Å². The maximum absolute atomic E-state index is 12.3. The Morgan fingerprint density at radius 2 is 1.64 bits per heavy atom. The van der Waals surface area contributed by atoms with Crippen LogP contribution in [0.1, 0.15) is 22.8 Å². The van der Waals surface area contributed by atoms with E-state index in [9.17, 15) is 9.59 Å². The molecule has 3 nitrogen and oxygen atoms in total. The summed E-state index contributed by atoms with van der Waals surface area (Å²) in [7, 11) is 0. The number of halogens is 1. The number of carbonyl (C=O) groups excluding carboxylic acids is 2. The molecule has 0 N–H and O–H groups in total. The minimum absolute atomic E-state index is 0.125. The number of hydrogen-bond acceptors (Lipinski definition) is 3. The summed E-state index contributed by atoms with van der Waals surface area (Å²) < 4.78 is 5.33. The van der Waals surface area contributed by atoms with Crippen molar-refractivity contribution in [2.75, 3.05) is 0 Å². The molecule has 0 saturated carbocycles. The Kier molecular flexibility index (Phi) is 5.15. The van der Waals surface area contributed by atoms with Crippen molar-refractivity contribution in [3.05, 3.63) is 82.9 Å². The Labute approximate surface area is 151 Å². The first-order chi connectivity index (χ1) is 12.0. The molecule has 0 heterocycles. The molecule has 0 unspecified atom stereocenters. The van der Waals surface area contributed by atoms with Gasteiger partial charge in [0.05, 0.1) is 6.42 Å². The van der Waals surface area contributed by atoms with Gasteiger partial charge in [0, 0.05) is 10.6 Å². The summed E-state index contributed by atoms with van der Waals surface area (Å²) in [5.41, 5.74) is 1.35. The molecule has 126 valence electrons. The number of benzene rings is 3.